The van der Waals surface area contributed by atoms with Crippen molar-refractivity contribution < 1.29 is 9.21 Å². The van der Waals surface area contributed by atoms with Gasteiger partial charge < -0.3 is 9.73 Å². The maximum atomic E-state index is 12.4. The number of hydrogen-bond acceptors (Lipinski definition) is 4. The number of aromatic nitrogens is 2. The fraction of sp³-hybridized carbons (Fsp3) is 0.167. The molecule has 0 radical (unpaired) electrons. The first-order valence-corrected chi connectivity index (χ1v) is 8.01. The van der Waals surface area contributed by atoms with Crippen LogP contribution in [0.3, 0.4) is 0 Å². The average Bonchev–Trinajstić information content (AvgIpc) is 3.20. The second-order valence-corrected chi connectivity index (χ2v) is 6.25. The van der Waals surface area contributed by atoms with Gasteiger partial charge in [-0.05, 0) is 48.2 Å². The van der Waals surface area contributed by atoms with E-state index in [0.717, 1.165) is 23.2 Å². The van der Waals surface area contributed by atoms with E-state index in [1.54, 1.807) is 0 Å². The summed E-state index contributed by atoms with van der Waals surface area (Å²) >= 11 is 5.90. The summed E-state index contributed by atoms with van der Waals surface area (Å²) < 4.78 is 5.18. The van der Waals surface area contributed by atoms with Gasteiger partial charge >= 0.3 is 0 Å². The van der Waals surface area contributed by atoms with Gasteiger partial charge in [0.1, 0.15) is 0 Å². The van der Waals surface area contributed by atoms with Crippen LogP contribution in [0.4, 0.5) is 5.69 Å². The van der Waals surface area contributed by atoms with E-state index in [1.807, 2.05) is 48.5 Å². The quantitative estimate of drug-likeness (QED) is 0.776. The molecule has 1 aliphatic carbocycles. The molecular formula is C18H14ClN3O2. The van der Waals surface area contributed by atoms with Gasteiger partial charge in [-0.2, -0.15) is 0 Å². The van der Waals surface area contributed by atoms with Crippen LogP contribution in [0.15, 0.2) is 59.3 Å². The summed E-state index contributed by atoms with van der Waals surface area (Å²) in [7, 11) is 0. The number of anilines is 1. The lowest BCUT2D eigenvalue weighted by molar-refractivity contribution is -0.117. The Bertz CT molecular complexity index is 862. The molecule has 2 aromatic carbocycles. The predicted molar refractivity (Wildman–Crippen MR) is 90.7 cm³/mol. The predicted octanol–water partition coefficient (Wildman–Crippen LogP) is 4.13. The molecule has 120 valence electrons. The smallest absolute Gasteiger partial charge is 0.247 e. The van der Waals surface area contributed by atoms with Crippen LogP contribution in [0, 0.1) is 5.92 Å². The molecule has 1 amide bonds. The number of rotatable bonds is 4. The van der Waals surface area contributed by atoms with Crippen molar-refractivity contribution in [1.29, 1.82) is 0 Å². The van der Waals surface area contributed by atoms with Crippen molar-refractivity contribution in [2.45, 2.75) is 12.3 Å². The topological polar surface area (TPSA) is 68.0 Å². The molecule has 0 spiro atoms. The molecule has 0 bridgehead atoms. The number of nitrogens with zero attached hydrogens (tertiary/aromatic N) is 2. The Morgan fingerprint density at radius 1 is 1.21 bits per heavy atom. The summed E-state index contributed by atoms with van der Waals surface area (Å²) in [5.74, 6) is 0.716. The minimum atomic E-state index is -0.00163. The zero-order valence-electron chi connectivity index (χ0n) is 12.6. The third-order valence-corrected chi connectivity index (χ3v) is 4.41. The number of carbonyl (C=O) groups is 1. The number of carbonyl (C=O) groups excluding carboxylic acids is 1. The molecule has 4 rings (SSSR count). The van der Waals surface area contributed by atoms with Gasteiger partial charge in [0.2, 0.25) is 18.2 Å². The van der Waals surface area contributed by atoms with Gasteiger partial charge in [0, 0.05) is 22.2 Å². The molecular weight excluding hydrogens is 326 g/mol. The molecule has 0 unspecified atom stereocenters. The first-order valence-electron chi connectivity index (χ1n) is 7.63. The fourth-order valence-corrected chi connectivity index (χ4v) is 2.95. The molecule has 3 aromatic rings. The van der Waals surface area contributed by atoms with Gasteiger partial charge in [-0.25, -0.2) is 0 Å². The van der Waals surface area contributed by atoms with Crippen LogP contribution in [-0.2, 0) is 4.79 Å². The van der Waals surface area contributed by atoms with Crippen LogP contribution in [0.2, 0.25) is 5.02 Å². The first-order chi connectivity index (χ1) is 11.7. The van der Waals surface area contributed by atoms with E-state index in [4.69, 9.17) is 16.0 Å². The zero-order chi connectivity index (χ0) is 16.5. The SMILES string of the molecule is O=C(Nc1cccc(-c2nnco2)c1)[C@@H]1C[C@H]1c1ccc(Cl)cc1. The molecule has 1 fully saturated rings. The first kappa shape index (κ1) is 14.9. The Labute approximate surface area is 143 Å². The van der Waals surface area contributed by atoms with E-state index in [9.17, 15) is 4.79 Å². The number of nitrogens with one attached hydrogen (secondary N) is 1. The van der Waals surface area contributed by atoms with Gasteiger partial charge in [0.05, 0.1) is 0 Å². The Balaban J connectivity index is 1.44. The average molecular weight is 340 g/mol. The second-order valence-electron chi connectivity index (χ2n) is 5.81. The highest BCUT2D eigenvalue weighted by Crippen LogP contribution is 2.48. The summed E-state index contributed by atoms with van der Waals surface area (Å²) in [6.07, 6.45) is 2.14. The molecule has 2 atom stereocenters. The van der Waals surface area contributed by atoms with Crippen molar-refractivity contribution in [3.8, 4) is 11.5 Å². The van der Waals surface area contributed by atoms with E-state index >= 15 is 0 Å². The summed E-state index contributed by atoms with van der Waals surface area (Å²) in [5, 5.41) is 11.2. The van der Waals surface area contributed by atoms with Gasteiger partial charge in [-0.3, -0.25) is 4.79 Å². The van der Waals surface area contributed by atoms with Crippen LogP contribution in [0.25, 0.3) is 11.5 Å². The number of amides is 1. The Kier molecular flexibility index (Phi) is 3.78. The highest BCUT2D eigenvalue weighted by Gasteiger charge is 2.43. The standard InChI is InChI=1S/C18H14ClN3O2/c19-13-6-4-11(5-7-13)15-9-16(15)17(23)21-14-3-1-2-12(8-14)18-22-20-10-24-18/h1-8,10,15-16H,9H2,(H,21,23)/t15-,16+/m0/s1. The molecule has 0 aliphatic heterocycles. The Morgan fingerprint density at radius 3 is 2.79 bits per heavy atom. The van der Waals surface area contributed by atoms with Crippen molar-refractivity contribution in [2.24, 2.45) is 5.92 Å². The monoisotopic (exact) mass is 339 g/mol. The normalized spacial score (nSPS) is 19.0. The summed E-state index contributed by atoms with van der Waals surface area (Å²) in [4.78, 5) is 12.4. The Hall–Kier alpha value is -2.66. The van der Waals surface area contributed by atoms with E-state index in [2.05, 4.69) is 15.5 Å². The molecule has 1 N–H and O–H groups in total. The highest BCUT2D eigenvalue weighted by molar-refractivity contribution is 6.30. The summed E-state index contributed by atoms with van der Waals surface area (Å²) in [6.45, 7) is 0. The molecule has 0 saturated heterocycles. The zero-order valence-corrected chi connectivity index (χ0v) is 13.4. The molecule has 1 heterocycles. The van der Waals surface area contributed by atoms with Gasteiger partial charge in [0.25, 0.3) is 0 Å². The van der Waals surface area contributed by atoms with E-state index in [1.165, 1.54) is 6.39 Å². The minimum Gasteiger partial charge on any atom is -0.423 e. The van der Waals surface area contributed by atoms with Crippen molar-refractivity contribution >= 4 is 23.2 Å². The number of benzene rings is 2. The van der Waals surface area contributed by atoms with Crippen LogP contribution < -0.4 is 5.32 Å². The van der Waals surface area contributed by atoms with Gasteiger partial charge in [0.15, 0.2) is 0 Å². The molecule has 5 nitrogen and oxygen atoms in total. The van der Waals surface area contributed by atoms with Crippen molar-refractivity contribution in [1.82, 2.24) is 10.2 Å². The van der Waals surface area contributed by atoms with Crippen LogP contribution in [0.1, 0.15) is 17.9 Å². The van der Waals surface area contributed by atoms with Gasteiger partial charge in [-0.15, -0.1) is 10.2 Å². The van der Waals surface area contributed by atoms with E-state index < -0.39 is 0 Å². The Morgan fingerprint density at radius 2 is 2.04 bits per heavy atom. The summed E-state index contributed by atoms with van der Waals surface area (Å²) in [6, 6.07) is 15.1. The van der Waals surface area contributed by atoms with Crippen LogP contribution >= 0.6 is 11.6 Å². The number of hydrogen-bond donors (Lipinski definition) is 1. The summed E-state index contributed by atoms with van der Waals surface area (Å²) in [5.41, 5.74) is 2.65. The number of halogens is 1. The molecule has 6 heteroatoms. The fourth-order valence-electron chi connectivity index (χ4n) is 2.83. The third kappa shape index (κ3) is 3.03. The molecule has 24 heavy (non-hydrogen) atoms. The van der Waals surface area contributed by atoms with Crippen molar-refractivity contribution in [2.75, 3.05) is 5.32 Å². The lowest BCUT2D eigenvalue weighted by atomic mass is 10.1. The van der Waals surface area contributed by atoms with Gasteiger partial charge in [-0.1, -0.05) is 29.8 Å². The molecule has 1 saturated carbocycles. The molecule has 1 aromatic heterocycles. The maximum absolute atomic E-state index is 12.4. The van der Waals surface area contributed by atoms with E-state index in [-0.39, 0.29) is 17.7 Å². The molecule has 1 aliphatic rings. The van der Waals surface area contributed by atoms with E-state index in [0.29, 0.717) is 10.9 Å². The maximum Gasteiger partial charge on any atom is 0.247 e. The van der Waals surface area contributed by atoms with Crippen molar-refractivity contribution in [3.63, 3.8) is 0 Å². The largest absolute Gasteiger partial charge is 0.423 e. The lowest BCUT2D eigenvalue weighted by Gasteiger charge is -2.06. The lowest BCUT2D eigenvalue weighted by Crippen LogP contribution is -2.14. The van der Waals surface area contributed by atoms with Crippen molar-refractivity contribution in [3.05, 3.63) is 65.5 Å². The second kappa shape index (κ2) is 6.09. The van der Waals surface area contributed by atoms with Crippen LogP contribution in [-0.4, -0.2) is 16.1 Å². The third-order valence-electron chi connectivity index (χ3n) is 4.16. The highest BCUT2D eigenvalue weighted by atomic mass is 35.5. The van der Waals surface area contributed by atoms with Crippen LogP contribution in [0.5, 0.6) is 0 Å². The minimum absolute atomic E-state index is 0.00163.